The van der Waals surface area contributed by atoms with E-state index in [2.05, 4.69) is 5.32 Å². The molecule has 3 aromatic rings. The number of amides is 1. The van der Waals surface area contributed by atoms with Crippen LogP contribution in [0.2, 0.25) is 0 Å². The average Bonchev–Trinajstić information content (AvgIpc) is 3.28. The first-order valence-electron chi connectivity index (χ1n) is 10.3. The molecule has 1 aromatic heterocycles. The molecule has 0 saturated carbocycles. The molecule has 32 heavy (non-hydrogen) atoms. The number of furan rings is 1. The van der Waals surface area contributed by atoms with E-state index in [0.29, 0.717) is 23.5 Å². The molecule has 166 valence electrons. The molecular formula is C24H27N5O3. The van der Waals surface area contributed by atoms with Gasteiger partial charge in [0.25, 0.3) is 5.91 Å². The Labute approximate surface area is 186 Å². The van der Waals surface area contributed by atoms with Gasteiger partial charge >= 0.3 is 0 Å². The van der Waals surface area contributed by atoms with Crippen molar-refractivity contribution < 1.29 is 13.9 Å². The number of hydrogen-bond acceptors (Lipinski definition) is 7. The third-order valence-corrected chi connectivity index (χ3v) is 5.33. The van der Waals surface area contributed by atoms with Gasteiger partial charge in [-0.25, -0.2) is 4.99 Å². The number of anilines is 1. The summed E-state index contributed by atoms with van der Waals surface area (Å²) in [5, 5.41) is 3.67. The van der Waals surface area contributed by atoms with Crippen LogP contribution in [0.1, 0.15) is 22.1 Å². The number of rotatable bonds is 7. The van der Waals surface area contributed by atoms with E-state index in [1.807, 2.05) is 66.4 Å². The first-order chi connectivity index (χ1) is 15.5. The molecule has 0 bridgehead atoms. The molecule has 0 aliphatic carbocycles. The molecule has 0 radical (unpaired) electrons. The number of carbonyl (C=O) groups excluding carboxylic acids is 1. The van der Waals surface area contributed by atoms with Gasteiger partial charge in [0.15, 0.2) is 6.17 Å². The number of nitrogens with two attached hydrogens (primary N) is 1. The van der Waals surface area contributed by atoms with Crippen LogP contribution in [-0.4, -0.2) is 45.1 Å². The lowest BCUT2D eigenvalue weighted by molar-refractivity contribution is 0.0951. The van der Waals surface area contributed by atoms with Crippen molar-refractivity contribution in [3.63, 3.8) is 0 Å². The molecule has 2 aromatic carbocycles. The van der Waals surface area contributed by atoms with Gasteiger partial charge in [-0.05, 0) is 62.1 Å². The van der Waals surface area contributed by atoms with E-state index >= 15 is 0 Å². The molecule has 0 saturated heterocycles. The van der Waals surface area contributed by atoms with Crippen LogP contribution < -0.4 is 31.5 Å². The summed E-state index contributed by atoms with van der Waals surface area (Å²) < 4.78 is 10.8. The summed E-state index contributed by atoms with van der Waals surface area (Å²) in [6, 6.07) is 16.8. The Kier molecular flexibility index (Phi) is 6.13. The molecule has 0 spiro atoms. The summed E-state index contributed by atoms with van der Waals surface area (Å²) in [4.78, 5) is 21.2. The summed E-state index contributed by atoms with van der Waals surface area (Å²) in [5.41, 5.74) is 9.38. The summed E-state index contributed by atoms with van der Waals surface area (Å²) in [5.74, 6) is 1.20. The highest BCUT2D eigenvalue weighted by atomic mass is 16.5. The van der Waals surface area contributed by atoms with Crippen LogP contribution in [0.15, 0.2) is 70.3 Å². The molecular weight excluding hydrogens is 406 g/mol. The third kappa shape index (κ3) is 4.31. The molecule has 1 unspecified atom stereocenters. The van der Waals surface area contributed by atoms with Crippen molar-refractivity contribution >= 4 is 17.4 Å². The van der Waals surface area contributed by atoms with Crippen molar-refractivity contribution in [2.24, 2.45) is 10.7 Å². The van der Waals surface area contributed by atoms with Crippen LogP contribution in [0, 0.1) is 0 Å². The summed E-state index contributed by atoms with van der Waals surface area (Å²) >= 11 is 0. The SMILES string of the molecule is COc1ccc(N2C(N)=c3ccoc3=NC2c2ccc(C(=O)NCCN(C)C)cc2)cc1. The van der Waals surface area contributed by atoms with Gasteiger partial charge in [0, 0.05) is 24.3 Å². The van der Waals surface area contributed by atoms with Crippen LogP contribution in [-0.2, 0) is 0 Å². The van der Waals surface area contributed by atoms with Crippen LogP contribution in [0.25, 0.3) is 5.82 Å². The van der Waals surface area contributed by atoms with Crippen molar-refractivity contribution in [3.05, 3.63) is 82.8 Å². The van der Waals surface area contributed by atoms with Crippen molar-refractivity contribution in [3.8, 4) is 5.75 Å². The van der Waals surface area contributed by atoms with Crippen LogP contribution in [0.3, 0.4) is 0 Å². The molecule has 2 heterocycles. The Bertz CT molecular complexity index is 1200. The van der Waals surface area contributed by atoms with Crippen LogP contribution in [0.5, 0.6) is 5.75 Å². The highest BCUT2D eigenvalue weighted by molar-refractivity contribution is 5.94. The molecule has 1 atom stereocenters. The second-order valence-corrected chi connectivity index (χ2v) is 7.78. The number of ether oxygens (including phenoxy) is 1. The Morgan fingerprint density at radius 3 is 2.53 bits per heavy atom. The minimum atomic E-state index is -0.437. The van der Waals surface area contributed by atoms with Crippen molar-refractivity contribution in [1.29, 1.82) is 0 Å². The van der Waals surface area contributed by atoms with E-state index in [4.69, 9.17) is 19.9 Å². The number of benzene rings is 2. The molecule has 1 aliphatic heterocycles. The van der Waals surface area contributed by atoms with Gasteiger partial charge in [-0.2, -0.15) is 0 Å². The lowest BCUT2D eigenvalue weighted by Crippen LogP contribution is -2.43. The fourth-order valence-electron chi connectivity index (χ4n) is 3.57. The highest BCUT2D eigenvalue weighted by Gasteiger charge is 2.27. The van der Waals surface area contributed by atoms with Gasteiger partial charge in [0.1, 0.15) is 11.6 Å². The predicted octanol–water partition coefficient (Wildman–Crippen LogP) is 1.44. The topological polar surface area (TPSA) is 96.3 Å². The van der Waals surface area contributed by atoms with Gasteiger partial charge < -0.3 is 30.0 Å². The van der Waals surface area contributed by atoms with Gasteiger partial charge in [-0.3, -0.25) is 4.79 Å². The lowest BCUT2D eigenvalue weighted by Gasteiger charge is -2.33. The van der Waals surface area contributed by atoms with E-state index in [-0.39, 0.29) is 5.91 Å². The van der Waals surface area contributed by atoms with E-state index < -0.39 is 6.17 Å². The number of nitrogens with one attached hydrogen (secondary N) is 1. The van der Waals surface area contributed by atoms with E-state index in [0.717, 1.165) is 28.8 Å². The maximum absolute atomic E-state index is 12.4. The van der Waals surface area contributed by atoms with Gasteiger partial charge in [0.2, 0.25) is 5.55 Å². The van der Waals surface area contributed by atoms with Crippen molar-refractivity contribution in [2.45, 2.75) is 6.17 Å². The van der Waals surface area contributed by atoms with Gasteiger partial charge in [-0.15, -0.1) is 0 Å². The lowest BCUT2D eigenvalue weighted by atomic mass is 10.1. The summed E-state index contributed by atoms with van der Waals surface area (Å²) in [6.45, 7) is 1.37. The Morgan fingerprint density at radius 2 is 1.88 bits per heavy atom. The zero-order chi connectivity index (χ0) is 22.7. The molecule has 1 aliphatic rings. The average molecular weight is 434 g/mol. The minimum Gasteiger partial charge on any atom is -0.497 e. The monoisotopic (exact) mass is 433 g/mol. The maximum atomic E-state index is 12.4. The number of hydrogen-bond donors (Lipinski definition) is 2. The highest BCUT2D eigenvalue weighted by Crippen LogP contribution is 2.32. The minimum absolute atomic E-state index is 0.106. The van der Waals surface area contributed by atoms with Gasteiger partial charge in [-0.1, -0.05) is 12.1 Å². The van der Waals surface area contributed by atoms with Crippen LogP contribution >= 0.6 is 0 Å². The first-order valence-corrected chi connectivity index (χ1v) is 10.3. The Morgan fingerprint density at radius 1 is 1.16 bits per heavy atom. The second kappa shape index (κ2) is 9.15. The number of methoxy groups -OCH3 is 1. The fraction of sp³-hybridized carbons (Fsp3) is 0.250. The molecule has 4 rings (SSSR count). The third-order valence-electron chi connectivity index (χ3n) is 5.33. The zero-order valence-corrected chi connectivity index (χ0v) is 18.4. The second-order valence-electron chi connectivity index (χ2n) is 7.78. The van der Waals surface area contributed by atoms with Crippen LogP contribution in [0.4, 0.5) is 5.69 Å². The van der Waals surface area contributed by atoms with Gasteiger partial charge in [0.05, 0.1) is 18.6 Å². The Hall–Kier alpha value is -3.78. The molecule has 1 amide bonds. The maximum Gasteiger partial charge on any atom is 0.251 e. The molecule has 3 N–H and O–H groups in total. The zero-order valence-electron chi connectivity index (χ0n) is 18.4. The molecule has 0 fully saturated rings. The van der Waals surface area contributed by atoms with Crippen molar-refractivity contribution in [2.75, 3.05) is 39.2 Å². The standard InChI is InChI=1S/C24H27N5O3/c1-28(2)14-13-26-23(30)17-6-4-16(5-7-17)22-27-24-20(12-15-32-24)21(25)29(22)18-8-10-19(31-3)11-9-18/h4-12,15,22H,13-14,25H2,1-3H3,(H,26,30). The fourth-order valence-corrected chi connectivity index (χ4v) is 3.57. The van der Waals surface area contributed by atoms with Crippen molar-refractivity contribution in [1.82, 2.24) is 10.2 Å². The quantitative estimate of drug-likeness (QED) is 0.585. The predicted molar refractivity (Wildman–Crippen MR) is 123 cm³/mol. The number of likely N-dealkylation sites (N-methyl/N-ethyl adjacent to an activating group) is 1. The summed E-state index contributed by atoms with van der Waals surface area (Å²) in [6.07, 6.45) is 1.14. The smallest absolute Gasteiger partial charge is 0.251 e. The molecule has 8 heteroatoms. The summed E-state index contributed by atoms with van der Waals surface area (Å²) in [7, 11) is 5.57. The van der Waals surface area contributed by atoms with E-state index in [1.54, 1.807) is 25.5 Å². The van der Waals surface area contributed by atoms with E-state index in [1.165, 1.54) is 0 Å². The molecule has 8 nitrogen and oxygen atoms in total. The number of fused-ring (bicyclic) bond motifs is 1. The number of carbonyl (C=O) groups is 1. The normalized spacial score (nSPS) is 15.3. The first kappa shape index (κ1) is 21.5. The number of nitrogens with zero attached hydrogens (tertiary/aromatic N) is 3. The van der Waals surface area contributed by atoms with E-state index in [9.17, 15) is 4.79 Å². The largest absolute Gasteiger partial charge is 0.497 e. The Balaban J connectivity index is 1.65.